The van der Waals surface area contributed by atoms with Crippen molar-refractivity contribution in [1.82, 2.24) is 0 Å². The summed E-state index contributed by atoms with van der Waals surface area (Å²) >= 11 is 0. The summed E-state index contributed by atoms with van der Waals surface area (Å²) < 4.78 is 5.18. The predicted molar refractivity (Wildman–Crippen MR) is 61.5 cm³/mol. The standard InChI is InChI=1S/C13H17NO/c1-15-13-6-4-11(5-7-13)14-9-10-2-3-12(14)8-10/h4-7,10,12H,2-3,8-9H2,1H3/t10-,12+/m1/s1. The molecule has 2 heteroatoms. The van der Waals surface area contributed by atoms with Gasteiger partial charge in [-0.2, -0.15) is 0 Å². The molecule has 0 spiro atoms. The molecule has 2 bridgehead atoms. The van der Waals surface area contributed by atoms with Crippen LogP contribution in [-0.2, 0) is 0 Å². The lowest BCUT2D eigenvalue weighted by atomic mass is 10.1. The van der Waals surface area contributed by atoms with Gasteiger partial charge in [-0.25, -0.2) is 0 Å². The fraction of sp³-hybridized carbons (Fsp3) is 0.538. The summed E-state index contributed by atoms with van der Waals surface area (Å²) in [6, 6.07) is 9.28. The number of anilines is 1. The molecule has 1 saturated carbocycles. The smallest absolute Gasteiger partial charge is 0.119 e. The predicted octanol–water partition coefficient (Wildman–Crippen LogP) is 2.68. The molecule has 2 atom stereocenters. The van der Waals surface area contributed by atoms with E-state index >= 15 is 0 Å². The second-order valence-corrected chi connectivity index (χ2v) is 4.68. The van der Waals surface area contributed by atoms with Gasteiger partial charge in [0.1, 0.15) is 5.75 Å². The van der Waals surface area contributed by atoms with Crippen molar-refractivity contribution in [2.75, 3.05) is 18.6 Å². The summed E-state index contributed by atoms with van der Waals surface area (Å²) in [5.41, 5.74) is 1.36. The van der Waals surface area contributed by atoms with Gasteiger partial charge in [-0.1, -0.05) is 0 Å². The van der Waals surface area contributed by atoms with E-state index in [2.05, 4.69) is 29.2 Å². The molecule has 3 rings (SSSR count). The Labute approximate surface area is 90.8 Å². The highest BCUT2D eigenvalue weighted by Gasteiger charge is 2.37. The van der Waals surface area contributed by atoms with Gasteiger partial charge in [0.25, 0.3) is 0 Å². The molecular formula is C13H17NO. The first-order valence-electron chi connectivity index (χ1n) is 5.77. The van der Waals surface area contributed by atoms with E-state index in [0.717, 1.165) is 17.7 Å². The van der Waals surface area contributed by atoms with Crippen molar-refractivity contribution in [3.8, 4) is 5.75 Å². The van der Waals surface area contributed by atoms with Crippen LogP contribution in [0.5, 0.6) is 5.75 Å². The first-order valence-corrected chi connectivity index (χ1v) is 5.77. The van der Waals surface area contributed by atoms with E-state index in [4.69, 9.17) is 4.74 Å². The summed E-state index contributed by atoms with van der Waals surface area (Å²) in [5.74, 6) is 1.90. The Morgan fingerprint density at radius 1 is 1.20 bits per heavy atom. The highest BCUT2D eigenvalue weighted by atomic mass is 16.5. The number of ether oxygens (including phenoxy) is 1. The van der Waals surface area contributed by atoms with Gasteiger partial charge >= 0.3 is 0 Å². The van der Waals surface area contributed by atoms with Crippen LogP contribution in [0.1, 0.15) is 19.3 Å². The van der Waals surface area contributed by atoms with E-state index < -0.39 is 0 Å². The summed E-state index contributed by atoms with van der Waals surface area (Å²) in [7, 11) is 1.72. The average molecular weight is 203 g/mol. The molecule has 0 radical (unpaired) electrons. The molecule has 15 heavy (non-hydrogen) atoms. The van der Waals surface area contributed by atoms with Crippen LogP contribution >= 0.6 is 0 Å². The normalized spacial score (nSPS) is 28.5. The van der Waals surface area contributed by atoms with Crippen LogP contribution in [0.2, 0.25) is 0 Å². The largest absolute Gasteiger partial charge is 0.497 e. The first-order chi connectivity index (χ1) is 7.36. The second-order valence-electron chi connectivity index (χ2n) is 4.68. The Balaban J connectivity index is 1.81. The molecule has 1 aliphatic carbocycles. The van der Waals surface area contributed by atoms with Crippen LogP contribution in [0.25, 0.3) is 0 Å². The summed E-state index contributed by atoms with van der Waals surface area (Å²) in [6.07, 6.45) is 4.24. The third-order valence-electron chi connectivity index (χ3n) is 3.81. The molecule has 80 valence electrons. The molecule has 1 aromatic carbocycles. The van der Waals surface area contributed by atoms with Crippen LogP contribution < -0.4 is 9.64 Å². The van der Waals surface area contributed by atoms with Crippen molar-refractivity contribution in [3.63, 3.8) is 0 Å². The first kappa shape index (κ1) is 9.08. The zero-order chi connectivity index (χ0) is 10.3. The average Bonchev–Trinajstić information content (AvgIpc) is 2.91. The lowest BCUT2D eigenvalue weighted by molar-refractivity contribution is 0.414. The van der Waals surface area contributed by atoms with E-state index in [1.165, 1.54) is 31.5 Å². The Bertz CT molecular complexity index is 346. The van der Waals surface area contributed by atoms with Crippen LogP contribution in [0.4, 0.5) is 5.69 Å². The summed E-state index contributed by atoms with van der Waals surface area (Å²) in [6.45, 7) is 1.26. The zero-order valence-corrected chi connectivity index (χ0v) is 9.15. The van der Waals surface area contributed by atoms with Crippen molar-refractivity contribution >= 4 is 5.69 Å². The molecule has 0 aromatic heterocycles. The number of methoxy groups -OCH3 is 1. The van der Waals surface area contributed by atoms with E-state index in [0.29, 0.717) is 0 Å². The number of hydrogen-bond acceptors (Lipinski definition) is 2. The number of rotatable bonds is 2. The monoisotopic (exact) mass is 203 g/mol. The van der Waals surface area contributed by atoms with Gasteiger partial charge < -0.3 is 9.64 Å². The van der Waals surface area contributed by atoms with E-state index in [-0.39, 0.29) is 0 Å². The van der Waals surface area contributed by atoms with Crippen molar-refractivity contribution in [2.45, 2.75) is 25.3 Å². The fourth-order valence-electron chi connectivity index (χ4n) is 3.01. The van der Waals surface area contributed by atoms with Crippen molar-refractivity contribution in [2.24, 2.45) is 5.92 Å². The third kappa shape index (κ3) is 1.48. The fourth-order valence-corrected chi connectivity index (χ4v) is 3.01. The van der Waals surface area contributed by atoms with Gasteiger partial charge in [0.2, 0.25) is 0 Å². The van der Waals surface area contributed by atoms with Gasteiger partial charge in [-0.05, 0) is 49.4 Å². The summed E-state index contributed by atoms with van der Waals surface area (Å²) in [5, 5.41) is 0. The quantitative estimate of drug-likeness (QED) is 0.732. The molecule has 1 aromatic rings. The highest BCUT2D eigenvalue weighted by Crippen LogP contribution is 2.40. The van der Waals surface area contributed by atoms with Crippen molar-refractivity contribution < 1.29 is 4.74 Å². The Hall–Kier alpha value is -1.18. The SMILES string of the molecule is COc1ccc(N2C[C@@H]3CC[C@H]2C3)cc1. The maximum atomic E-state index is 5.18. The maximum absolute atomic E-state index is 5.18. The number of hydrogen-bond donors (Lipinski definition) is 0. The van der Waals surface area contributed by atoms with Crippen LogP contribution in [0.3, 0.4) is 0 Å². The van der Waals surface area contributed by atoms with Gasteiger partial charge in [0.05, 0.1) is 7.11 Å². The molecule has 1 heterocycles. The third-order valence-corrected chi connectivity index (χ3v) is 3.81. The minimum absolute atomic E-state index is 0.809. The van der Waals surface area contributed by atoms with Gasteiger partial charge in [0.15, 0.2) is 0 Å². The lowest BCUT2D eigenvalue weighted by Crippen LogP contribution is -2.31. The molecule has 2 fully saturated rings. The van der Waals surface area contributed by atoms with Gasteiger partial charge in [0, 0.05) is 18.3 Å². The second kappa shape index (κ2) is 3.44. The number of nitrogens with zero attached hydrogens (tertiary/aromatic N) is 1. The molecular weight excluding hydrogens is 186 g/mol. The maximum Gasteiger partial charge on any atom is 0.119 e. The van der Waals surface area contributed by atoms with Gasteiger partial charge in [-0.15, -0.1) is 0 Å². The molecule has 1 saturated heterocycles. The molecule has 1 aliphatic heterocycles. The topological polar surface area (TPSA) is 12.5 Å². The molecule has 0 N–H and O–H groups in total. The number of benzene rings is 1. The summed E-state index contributed by atoms with van der Waals surface area (Å²) in [4.78, 5) is 2.56. The number of fused-ring (bicyclic) bond motifs is 2. The molecule has 0 amide bonds. The van der Waals surface area contributed by atoms with Crippen LogP contribution in [0, 0.1) is 5.92 Å². The number of piperidine rings is 1. The highest BCUT2D eigenvalue weighted by molar-refractivity contribution is 5.51. The Morgan fingerprint density at radius 2 is 2.00 bits per heavy atom. The zero-order valence-electron chi connectivity index (χ0n) is 9.15. The van der Waals surface area contributed by atoms with Crippen molar-refractivity contribution in [1.29, 1.82) is 0 Å². The minimum Gasteiger partial charge on any atom is -0.497 e. The lowest BCUT2D eigenvalue weighted by Gasteiger charge is -2.29. The van der Waals surface area contributed by atoms with E-state index in [1.54, 1.807) is 7.11 Å². The van der Waals surface area contributed by atoms with Crippen LogP contribution in [-0.4, -0.2) is 19.7 Å². The molecule has 2 nitrogen and oxygen atoms in total. The van der Waals surface area contributed by atoms with Crippen molar-refractivity contribution in [3.05, 3.63) is 24.3 Å². The van der Waals surface area contributed by atoms with E-state index in [1.807, 2.05) is 0 Å². The molecule has 0 unspecified atom stereocenters. The Morgan fingerprint density at radius 3 is 2.53 bits per heavy atom. The Kier molecular flexibility index (Phi) is 2.08. The van der Waals surface area contributed by atoms with Gasteiger partial charge in [-0.3, -0.25) is 0 Å². The molecule has 2 aliphatic rings. The van der Waals surface area contributed by atoms with Crippen LogP contribution in [0.15, 0.2) is 24.3 Å². The minimum atomic E-state index is 0.809. The van der Waals surface area contributed by atoms with E-state index in [9.17, 15) is 0 Å².